The Morgan fingerprint density at radius 1 is 1.43 bits per heavy atom. The van der Waals surface area contributed by atoms with Gasteiger partial charge in [0, 0.05) is 6.04 Å². The zero-order chi connectivity index (χ0) is 15.0. The molecule has 0 unspecified atom stereocenters. The predicted molar refractivity (Wildman–Crippen MR) is 78.2 cm³/mol. The van der Waals surface area contributed by atoms with Crippen LogP contribution in [0.4, 0.5) is 4.39 Å². The minimum absolute atomic E-state index is 0.275. The summed E-state index contributed by atoms with van der Waals surface area (Å²) in [7, 11) is 0. The van der Waals surface area contributed by atoms with Gasteiger partial charge in [0.1, 0.15) is 5.82 Å². The Bertz CT molecular complexity index is 683. The molecule has 7 heteroatoms. The maximum atomic E-state index is 14.0. The number of hydrogen-bond donors (Lipinski definition) is 1. The van der Waals surface area contributed by atoms with Gasteiger partial charge < -0.3 is 5.73 Å². The number of benzene rings is 1. The van der Waals surface area contributed by atoms with Gasteiger partial charge in [-0.3, -0.25) is 9.36 Å². The maximum Gasteiger partial charge on any atom is 0.230 e. The number of halogens is 1. The molecule has 1 aliphatic rings. The number of aromatic nitrogens is 3. The topological polar surface area (TPSA) is 73.8 Å². The second kappa shape index (κ2) is 5.48. The number of nitrogens with zero attached hydrogens (tertiary/aromatic N) is 3. The van der Waals surface area contributed by atoms with Crippen molar-refractivity contribution in [3.8, 4) is 11.4 Å². The van der Waals surface area contributed by atoms with Gasteiger partial charge in [0.2, 0.25) is 5.91 Å². The quantitative estimate of drug-likeness (QED) is 0.861. The highest BCUT2D eigenvalue weighted by Gasteiger charge is 2.31. The van der Waals surface area contributed by atoms with Gasteiger partial charge in [0.15, 0.2) is 11.0 Å². The molecule has 1 aliphatic carbocycles. The Hall–Kier alpha value is -1.89. The molecule has 1 atom stereocenters. The number of primary amides is 1. The average molecular weight is 306 g/mol. The number of amides is 1. The molecule has 1 aromatic heterocycles. The normalized spacial score (nSPS) is 15.9. The SMILES string of the molecule is C[C@@H](Sc1nnc(-c2ccccc2F)n1C1CC1)C(N)=O. The summed E-state index contributed by atoms with van der Waals surface area (Å²) in [5.74, 6) is -0.223. The number of nitrogens with two attached hydrogens (primary N) is 1. The van der Waals surface area contributed by atoms with E-state index in [9.17, 15) is 9.18 Å². The standard InChI is InChI=1S/C14H15FN4OS/c1-8(12(16)20)21-14-18-17-13(19(14)9-6-7-9)10-4-2-3-5-11(10)15/h2-5,8-9H,6-7H2,1H3,(H2,16,20)/t8-/m1/s1. The number of thioether (sulfide) groups is 1. The lowest BCUT2D eigenvalue weighted by atomic mass is 10.2. The van der Waals surface area contributed by atoms with Gasteiger partial charge in [0.05, 0.1) is 10.8 Å². The van der Waals surface area contributed by atoms with Crippen LogP contribution in [-0.4, -0.2) is 25.9 Å². The van der Waals surface area contributed by atoms with Crippen molar-refractivity contribution in [2.45, 2.75) is 36.2 Å². The second-order valence-electron chi connectivity index (χ2n) is 5.05. The smallest absolute Gasteiger partial charge is 0.230 e. The van der Waals surface area contributed by atoms with Crippen molar-refractivity contribution in [2.75, 3.05) is 0 Å². The van der Waals surface area contributed by atoms with Crippen molar-refractivity contribution in [1.29, 1.82) is 0 Å². The molecular weight excluding hydrogens is 291 g/mol. The van der Waals surface area contributed by atoms with Crippen LogP contribution in [0.25, 0.3) is 11.4 Å². The van der Waals surface area contributed by atoms with Crippen molar-refractivity contribution in [3.05, 3.63) is 30.1 Å². The zero-order valence-electron chi connectivity index (χ0n) is 11.5. The Morgan fingerprint density at radius 2 is 2.14 bits per heavy atom. The fourth-order valence-corrected chi connectivity index (χ4v) is 2.93. The first-order valence-corrected chi connectivity index (χ1v) is 7.61. The van der Waals surface area contributed by atoms with Crippen LogP contribution in [0.1, 0.15) is 25.8 Å². The summed E-state index contributed by atoms with van der Waals surface area (Å²) in [6, 6.07) is 6.77. The third kappa shape index (κ3) is 2.78. The minimum atomic E-state index is -0.405. The molecule has 3 rings (SSSR count). The molecule has 0 bridgehead atoms. The lowest BCUT2D eigenvalue weighted by Gasteiger charge is -2.11. The van der Waals surface area contributed by atoms with Gasteiger partial charge >= 0.3 is 0 Å². The second-order valence-corrected chi connectivity index (χ2v) is 6.36. The van der Waals surface area contributed by atoms with E-state index in [0.717, 1.165) is 12.8 Å². The van der Waals surface area contributed by atoms with E-state index in [0.29, 0.717) is 16.5 Å². The monoisotopic (exact) mass is 306 g/mol. The Morgan fingerprint density at radius 3 is 2.76 bits per heavy atom. The maximum absolute atomic E-state index is 14.0. The molecule has 21 heavy (non-hydrogen) atoms. The molecule has 5 nitrogen and oxygen atoms in total. The highest BCUT2D eigenvalue weighted by atomic mass is 32.2. The van der Waals surface area contributed by atoms with E-state index in [4.69, 9.17) is 5.73 Å². The molecule has 0 aliphatic heterocycles. The van der Waals surface area contributed by atoms with Crippen molar-refractivity contribution >= 4 is 17.7 Å². The first-order chi connectivity index (χ1) is 10.1. The predicted octanol–water partition coefficient (Wildman–Crippen LogP) is 2.38. The molecule has 2 N–H and O–H groups in total. The Labute approximate surface area is 125 Å². The molecule has 110 valence electrons. The van der Waals surface area contributed by atoms with Crippen molar-refractivity contribution in [3.63, 3.8) is 0 Å². The molecule has 1 fully saturated rings. The van der Waals surface area contributed by atoms with Crippen LogP contribution in [0, 0.1) is 5.82 Å². The van der Waals surface area contributed by atoms with Gasteiger partial charge in [-0.1, -0.05) is 23.9 Å². The number of rotatable bonds is 5. The van der Waals surface area contributed by atoms with Crippen molar-refractivity contribution < 1.29 is 9.18 Å². The van der Waals surface area contributed by atoms with E-state index in [1.807, 2.05) is 4.57 Å². The number of carbonyl (C=O) groups excluding carboxylic acids is 1. The van der Waals surface area contributed by atoms with E-state index in [-0.39, 0.29) is 11.9 Å². The molecule has 0 spiro atoms. The fourth-order valence-electron chi connectivity index (χ4n) is 2.06. The van der Waals surface area contributed by atoms with E-state index < -0.39 is 11.2 Å². The highest BCUT2D eigenvalue weighted by molar-refractivity contribution is 8.00. The summed E-state index contributed by atoms with van der Waals surface area (Å²) in [5.41, 5.74) is 5.72. The molecule has 0 saturated heterocycles. The van der Waals surface area contributed by atoms with Gasteiger partial charge in [-0.2, -0.15) is 0 Å². The van der Waals surface area contributed by atoms with Gasteiger partial charge in [-0.05, 0) is 31.9 Å². The lowest BCUT2D eigenvalue weighted by molar-refractivity contribution is -0.117. The lowest BCUT2D eigenvalue weighted by Crippen LogP contribution is -2.23. The third-order valence-electron chi connectivity index (χ3n) is 3.37. The van der Waals surface area contributed by atoms with E-state index in [2.05, 4.69) is 10.2 Å². The number of hydrogen-bond acceptors (Lipinski definition) is 4. The first-order valence-electron chi connectivity index (χ1n) is 6.73. The zero-order valence-corrected chi connectivity index (χ0v) is 12.3. The molecule has 2 aromatic rings. The van der Waals surface area contributed by atoms with Crippen LogP contribution in [0.15, 0.2) is 29.4 Å². The molecule has 1 heterocycles. The van der Waals surface area contributed by atoms with Gasteiger partial charge in [0.25, 0.3) is 0 Å². The summed E-state index contributed by atoms with van der Waals surface area (Å²) in [4.78, 5) is 11.2. The van der Waals surface area contributed by atoms with Crippen LogP contribution in [0.3, 0.4) is 0 Å². The summed E-state index contributed by atoms with van der Waals surface area (Å²) in [6.45, 7) is 1.72. The van der Waals surface area contributed by atoms with Crippen LogP contribution >= 0.6 is 11.8 Å². The van der Waals surface area contributed by atoms with E-state index in [1.54, 1.807) is 25.1 Å². The van der Waals surface area contributed by atoms with Crippen LogP contribution in [-0.2, 0) is 4.79 Å². The summed E-state index contributed by atoms with van der Waals surface area (Å²) < 4.78 is 15.9. The average Bonchev–Trinajstić information content (AvgIpc) is 3.21. The molecule has 0 radical (unpaired) electrons. The molecule has 1 amide bonds. The van der Waals surface area contributed by atoms with Crippen molar-refractivity contribution in [2.24, 2.45) is 5.73 Å². The highest BCUT2D eigenvalue weighted by Crippen LogP contribution is 2.41. The van der Waals surface area contributed by atoms with Gasteiger partial charge in [-0.25, -0.2) is 4.39 Å². The largest absolute Gasteiger partial charge is 0.369 e. The first kappa shape index (κ1) is 14.1. The molecular formula is C14H15FN4OS. The molecule has 1 saturated carbocycles. The van der Waals surface area contributed by atoms with Crippen LogP contribution < -0.4 is 5.73 Å². The summed E-state index contributed by atoms with van der Waals surface area (Å²) in [6.07, 6.45) is 2.02. The summed E-state index contributed by atoms with van der Waals surface area (Å²) in [5, 5.41) is 8.45. The van der Waals surface area contributed by atoms with Crippen molar-refractivity contribution in [1.82, 2.24) is 14.8 Å². The fraction of sp³-hybridized carbons (Fsp3) is 0.357. The Kier molecular flexibility index (Phi) is 3.67. The Balaban J connectivity index is 2.01. The van der Waals surface area contributed by atoms with Gasteiger partial charge in [-0.15, -0.1) is 10.2 Å². The van der Waals surface area contributed by atoms with E-state index in [1.165, 1.54) is 17.8 Å². The number of carbonyl (C=O) groups is 1. The molecule has 1 aromatic carbocycles. The third-order valence-corrected chi connectivity index (χ3v) is 4.45. The van der Waals surface area contributed by atoms with Crippen LogP contribution in [0.5, 0.6) is 0 Å². The van der Waals surface area contributed by atoms with Crippen LogP contribution in [0.2, 0.25) is 0 Å². The van der Waals surface area contributed by atoms with E-state index >= 15 is 0 Å². The minimum Gasteiger partial charge on any atom is -0.369 e. The summed E-state index contributed by atoms with van der Waals surface area (Å²) >= 11 is 1.26.